The number of carbonyl (C=O) groups is 2. The van der Waals surface area contributed by atoms with Crippen LogP contribution in [-0.4, -0.2) is 70.7 Å². The second-order valence-corrected chi connectivity index (χ2v) is 7.32. The van der Waals surface area contributed by atoms with Gasteiger partial charge in [0, 0.05) is 44.1 Å². The highest BCUT2D eigenvalue weighted by atomic mass is 35.5. The van der Waals surface area contributed by atoms with Crippen LogP contribution in [0, 0.1) is 5.82 Å². The fraction of sp³-hybridized carbons (Fsp3) is 0.450. The first-order chi connectivity index (χ1) is 13.6. The monoisotopic (exact) mass is 421 g/mol. The molecule has 0 spiro atoms. The van der Waals surface area contributed by atoms with E-state index in [1.165, 1.54) is 24.3 Å². The molecule has 4 rings (SSSR count). The third kappa shape index (κ3) is 4.13. The molecule has 7 nitrogen and oxygen atoms in total. The normalized spacial score (nSPS) is 18.8. The molecule has 29 heavy (non-hydrogen) atoms. The highest BCUT2D eigenvalue weighted by Crippen LogP contribution is 2.30. The van der Waals surface area contributed by atoms with Crippen molar-refractivity contribution in [2.75, 3.05) is 39.3 Å². The van der Waals surface area contributed by atoms with Crippen molar-refractivity contribution in [2.24, 2.45) is 0 Å². The van der Waals surface area contributed by atoms with E-state index < -0.39 is 5.54 Å². The van der Waals surface area contributed by atoms with Crippen LogP contribution in [0.2, 0.25) is 0 Å². The summed E-state index contributed by atoms with van der Waals surface area (Å²) in [5.41, 5.74) is -0.190. The average molecular weight is 422 g/mol. The predicted octanol–water partition coefficient (Wildman–Crippen LogP) is 1.51. The quantitative estimate of drug-likeness (QED) is 0.815. The van der Waals surface area contributed by atoms with Crippen LogP contribution in [0.1, 0.15) is 23.2 Å². The molecular formula is C20H25ClFN5O2. The number of carbonyl (C=O) groups excluding carboxylic acids is 2. The summed E-state index contributed by atoms with van der Waals surface area (Å²) in [5, 5.41) is 7.68. The lowest BCUT2D eigenvalue weighted by Gasteiger charge is -2.43. The Hall–Kier alpha value is -2.45. The summed E-state index contributed by atoms with van der Waals surface area (Å²) >= 11 is 0. The molecule has 0 atom stereocenters. The van der Waals surface area contributed by atoms with Gasteiger partial charge in [-0.15, -0.1) is 12.4 Å². The van der Waals surface area contributed by atoms with E-state index in [4.69, 9.17) is 0 Å². The Labute approximate surface area is 175 Å². The highest BCUT2D eigenvalue weighted by molar-refractivity contribution is 5.94. The summed E-state index contributed by atoms with van der Waals surface area (Å²) in [5.74, 6) is -0.416. The van der Waals surface area contributed by atoms with E-state index in [2.05, 4.69) is 10.4 Å². The van der Waals surface area contributed by atoms with Crippen molar-refractivity contribution in [3.8, 4) is 0 Å². The summed E-state index contributed by atoms with van der Waals surface area (Å²) in [6.45, 7) is 3.46. The summed E-state index contributed by atoms with van der Waals surface area (Å²) in [6, 6.07) is 7.42. The molecule has 0 saturated carbocycles. The first kappa shape index (κ1) is 21.3. The van der Waals surface area contributed by atoms with Crippen molar-refractivity contribution in [1.82, 2.24) is 24.9 Å². The van der Waals surface area contributed by atoms with Gasteiger partial charge in [-0.05, 0) is 56.3 Å². The SMILES string of the molecule is Cl.O=C(c1ccc(F)cc1)N1CCN(C(=O)C2(n3cccn3)CCNCC2)CC1. The Balaban J connectivity index is 0.00000240. The van der Waals surface area contributed by atoms with E-state index in [1.807, 2.05) is 17.2 Å². The number of amides is 2. The number of hydrogen-bond acceptors (Lipinski definition) is 4. The van der Waals surface area contributed by atoms with Crippen LogP contribution >= 0.6 is 12.4 Å². The molecule has 2 aliphatic rings. The van der Waals surface area contributed by atoms with Crippen LogP contribution in [0.15, 0.2) is 42.7 Å². The molecular weight excluding hydrogens is 397 g/mol. The fourth-order valence-electron chi connectivity index (χ4n) is 4.09. The highest BCUT2D eigenvalue weighted by Gasteiger charge is 2.45. The van der Waals surface area contributed by atoms with Gasteiger partial charge in [-0.25, -0.2) is 4.39 Å². The van der Waals surface area contributed by atoms with Gasteiger partial charge in [-0.2, -0.15) is 5.10 Å². The molecule has 0 bridgehead atoms. The molecule has 156 valence electrons. The molecule has 1 N–H and O–H groups in total. The lowest BCUT2D eigenvalue weighted by Crippen LogP contribution is -2.59. The Kier molecular flexibility index (Phi) is 6.54. The number of benzene rings is 1. The van der Waals surface area contributed by atoms with Crippen LogP contribution in [0.5, 0.6) is 0 Å². The Morgan fingerprint density at radius 3 is 2.21 bits per heavy atom. The Morgan fingerprint density at radius 2 is 1.62 bits per heavy atom. The second-order valence-electron chi connectivity index (χ2n) is 7.32. The van der Waals surface area contributed by atoms with Crippen LogP contribution < -0.4 is 5.32 Å². The lowest BCUT2D eigenvalue weighted by atomic mass is 9.86. The van der Waals surface area contributed by atoms with Crippen molar-refractivity contribution >= 4 is 24.2 Å². The molecule has 2 fully saturated rings. The maximum absolute atomic E-state index is 13.4. The topological polar surface area (TPSA) is 70.5 Å². The largest absolute Gasteiger partial charge is 0.337 e. The van der Waals surface area contributed by atoms with Crippen molar-refractivity contribution < 1.29 is 14.0 Å². The van der Waals surface area contributed by atoms with Gasteiger partial charge in [0.2, 0.25) is 0 Å². The van der Waals surface area contributed by atoms with Crippen molar-refractivity contribution in [1.29, 1.82) is 0 Å². The minimum absolute atomic E-state index is 0. The third-order valence-electron chi connectivity index (χ3n) is 5.72. The van der Waals surface area contributed by atoms with Crippen LogP contribution in [-0.2, 0) is 10.3 Å². The van der Waals surface area contributed by atoms with Gasteiger partial charge in [0.25, 0.3) is 11.8 Å². The molecule has 2 saturated heterocycles. The number of hydrogen-bond donors (Lipinski definition) is 1. The maximum atomic E-state index is 13.4. The van der Waals surface area contributed by atoms with E-state index in [1.54, 1.807) is 15.8 Å². The van der Waals surface area contributed by atoms with Crippen molar-refractivity contribution in [3.05, 3.63) is 54.1 Å². The van der Waals surface area contributed by atoms with Gasteiger partial charge >= 0.3 is 0 Å². The number of halogens is 2. The third-order valence-corrected chi connectivity index (χ3v) is 5.72. The molecule has 2 aliphatic heterocycles. The number of nitrogens with zero attached hydrogens (tertiary/aromatic N) is 4. The predicted molar refractivity (Wildman–Crippen MR) is 108 cm³/mol. The van der Waals surface area contributed by atoms with Crippen LogP contribution in [0.3, 0.4) is 0 Å². The molecule has 9 heteroatoms. The number of aromatic nitrogens is 2. The zero-order valence-corrected chi connectivity index (χ0v) is 16.9. The first-order valence-electron chi connectivity index (χ1n) is 9.65. The Morgan fingerprint density at radius 1 is 1.00 bits per heavy atom. The Bertz CT molecular complexity index is 829. The lowest BCUT2D eigenvalue weighted by molar-refractivity contribution is -0.144. The summed E-state index contributed by atoms with van der Waals surface area (Å²) in [4.78, 5) is 29.6. The molecule has 1 aromatic carbocycles. The van der Waals surface area contributed by atoms with Gasteiger partial charge in [0.05, 0.1) is 0 Å². The van der Waals surface area contributed by atoms with Crippen molar-refractivity contribution in [3.63, 3.8) is 0 Å². The summed E-state index contributed by atoms with van der Waals surface area (Å²) in [6.07, 6.45) is 4.96. The minimum Gasteiger partial charge on any atom is -0.337 e. The van der Waals surface area contributed by atoms with Gasteiger partial charge in [0.1, 0.15) is 11.4 Å². The van der Waals surface area contributed by atoms with Gasteiger partial charge in [-0.1, -0.05) is 0 Å². The zero-order valence-electron chi connectivity index (χ0n) is 16.1. The van der Waals surface area contributed by atoms with E-state index in [0.717, 1.165) is 13.1 Å². The summed E-state index contributed by atoms with van der Waals surface area (Å²) < 4.78 is 14.9. The van der Waals surface area contributed by atoms with Gasteiger partial charge < -0.3 is 15.1 Å². The van der Waals surface area contributed by atoms with Crippen LogP contribution in [0.4, 0.5) is 4.39 Å². The number of rotatable bonds is 3. The first-order valence-corrected chi connectivity index (χ1v) is 9.65. The van der Waals surface area contributed by atoms with E-state index in [0.29, 0.717) is 44.6 Å². The van der Waals surface area contributed by atoms with Gasteiger partial charge in [-0.3, -0.25) is 14.3 Å². The summed E-state index contributed by atoms with van der Waals surface area (Å²) in [7, 11) is 0. The van der Waals surface area contributed by atoms with E-state index in [9.17, 15) is 14.0 Å². The molecule has 0 unspecified atom stereocenters. The minimum atomic E-state index is -0.655. The number of nitrogens with one attached hydrogen (secondary N) is 1. The average Bonchev–Trinajstić information content (AvgIpc) is 3.29. The molecule has 3 heterocycles. The maximum Gasteiger partial charge on any atom is 0.253 e. The molecule has 1 aromatic heterocycles. The zero-order chi connectivity index (χ0) is 19.6. The standard InChI is InChI=1S/C20H24FN5O2.ClH/c21-17-4-2-16(3-5-17)18(27)24-12-14-25(15-13-24)19(28)20(6-9-22-10-7-20)26-11-1-8-23-26;/h1-5,8,11,22H,6-7,9-10,12-15H2;1H. The van der Waals surface area contributed by atoms with Gasteiger partial charge in [0.15, 0.2) is 0 Å². The molecule has 2 amide bonds. The number of piperidine rings is 1. The van der Waals surface area contributed by atoms with Crippen molar-refractivity contribution in [2.45, 2.75) is 18.4 Å². The van der Waals surface area contributed by atoms with E-state index in [-0.39, 0.29) is 30.0 Å². The second kappa shape index (κ2) is 8.92. The fourth-order valence-corrected chi connectivity index (χ4v) is 4.09. The molecule has 2 aromatic rings. The van der Waals surface area contributed by atoms with Crippen LogP contribution in [0.25, 0.3) is 0 Å². The smallest absolute Gasteiger partial charge is 0.253 e. The number of piperazine rings is 1. The molecule has 0 aliphatic carbocycles. The van der Waals surface area contributed by atoms with E-state index >= 15 is 0 Å². The molecule has 0 radical (unpaired) electrons.